The molecular weight excluding hydrogens is 575 g/mol. The minimum absolute atomic E-state index is 0.0146. The first-order chi connectivity index (χ1) is 19.0. The van der Waals surface area contributed by atoms with E-state index in [1.165, 1.54) is 36.4 Å². The Kier molecular flexibility index (Phi) is 7.45. The molecule has 1 aliphatic heterocycles. The van der Waals surface area contributed by atoms with Gasteiger partial charge in [-0.25, -0.2) is 0 Å². The summed E-state index contributed by atoms with van der Waals surface area (Å²) < 4.78 is 128. The maximum Gasteiger partial charge on any atom is 0.428 e. The monoisotopic (exact) mass is 592 g/mol. The van der Waals surface area contributed by atoms with Gasteiger partial charge < -0.3 is 10.1 Å². The fourth-order valence-electron chi connectivity index (χ4n) is 4.20. The Labute approximate surface area is 224 Å². The molecule has 0 fully saturated rings. The van der Waals surface area contributed by atoms with E-state index in [0.717, 1.165) is 7.11 Å². The number of hydrogen-bond donors (Lipinski definition) is 2. The van der Waals surface area contributed by atoms with Crippen molar-refractivity contribution in [3.8, 4) is 0 Å². The van der Waals surface area contributed by atoms with E-state index in [9.17, 15) is 49.1 Å². The molecule has 4 rings (SSSR count). The van der Waals surface area contributed by atoms with Crippen molar-refractivity contribution in [2.45, 2.75) is 24.1 Å². The van der Waals surface area contributed by atoms with Crippen LogP contribution in [0.3, 0.4) is 0 Å². The van der Waals surface area contributed by atoms with Gasteiger partial charge in [0.05, 0.1) is 23.9 Å². The van der Waals surface area contributed by atoms with Crippen molar-refractivity contribution in [1.29, 1.82) is 0 Å². The van der Waals surface area contributed by atoms with Gasteiger partial charge in [-0.2, -0.15) is 39.5 Å². The van der Waals surface area contributed by atoms with Crippen LogP contribution in [-0.4, -0.2) is 31.7 Å². The molecule has 1 atom stereocenters. The van der Waals surface area contributed by atoms with Crippen LogP contribution in [0.25, 0.3) is 16.5 Å². The molecule has 15 heteroatoms. The fourth-order valence-corrected chi connectivity index (χ4v) is 4.20. The fraction of sp³-hybridized carbons (Fsp3) is 0.231. The minimum atomic E-state index is -5.53. The van der Waals surface area contributed by atoms with Crippen LogP contribution in [0.2, 0.25) is 0 Å². The van der Waals surface area contributed by atoms with Gasteiger partial charge in [-0.1, -0.05) is 30.3 Å². The summed E-state index contributed by atoms with van der Waals surface area (Å²) in [6.45, 7) is -0.475. The van der Waals surface area contributed by atoms with Crippen LogP contribution in [0.5, 0.6) is 0 Å². The zero-order chi connectivity index (χ0) is 30.4. The average molecular weight is 592 g/mol. The number of hydrogen-bond acceptors (Lipinski definition) is 5. The molecule has 1 heterocycles. The SMILES string of the molecule is COC(=O)CNC(=O)c1ccc(C2=CC(c3cc(C(F)(F)F)cc(C(F)(F)F)c3)(C(F)(F)F)ON2)c2ccccc12. The standard InChI is InChI=1S/C26H17F9N2O4/c1-40-21(38)12-36-22(39)19-7-6-18(16-4-2-3-5-17(16)19)20-11-23(41-37-20,26(33,34)35)13-8-14(24(27,28)29)10-15(9-13)25(30,31)32/h2-11,37H,12H2,1H3,(H,36,39). The maximum atomic E-state index is 14.4. The summed E-state index contributed by atoms with van der Waals surface area (Å²) in [5.74, 6) is -1.47. The molecule has 1 aliphatic rings. The smallest absolute Gasteiger partial charge is 0.428 e. The molecule has 0 radical (unpaired) electrons. The van der Waals surface area contributed by atoms with E-state index in [1.807, 2.05) is 5.48 Å². The number of methoxy groups -OCH3 is 1. The molecule has 1 unspecified atom stereocenters. The number of carbonyl (C=O) groups excluding carboxylic acids is 2. The number of esters is 1. The molecule has 0 aromatic heterocycles. The molecule has 0 saturated heterocycles. The number of amides is 1. The van der Waals surface area contributed by atoms with E-state index in [4.69, 9.17) is 4.84 Å². The largest absolute Gasteiger partial charge is 0.468 e. The quantitative estimate of drug-likeness (QED) is 0.276. The number of hydroxylamine groups is 1. The summed E-state index contributed by atoms with van der Waals surface area (Å²) in [4.78, 5) is 28.8. The molecule has 0 saturated carbocycles. The zero-order valence-electron chi connectivity index (χ0n) is 20.5. The van der Waals surface area contributed by atoms with Gasteiger partial charge in [0.15, 0.2) is 0 Å². The lowest BCUT2D eigenvalue weighted by atomic mass is 9.88. The molecule has 2 N–H and O–H groups in total. The molecule has 0 aliphatic carbocycles. The molecule has 6 nitrogen and oxygen atoms in total. The number of alkyl halides is 9. The van der Waals surface area contributed by atoms with E-state index in [0.29, 0.717) is 6.08 Å². The Bertz CT molecular complexity index is 1510. The summed E-state index contributed by atoms with van der Waals surface area (Å²) in [7, 11) is 1.10. The summed E-state index contributed by atoms with van der Waals surface area (Å²) in [5.41, 5.74) is -7.56. The lowest BCUT2D eigenvalue weighted by molar-refractivity contribution is -0.269. The van der Waals surface area contributed by atoms with Crippen molar-refractivity contribution in [2.24, 2.45) is 0 Å². The van der Waals surface area contributed by atoms with Gasteiger partial charge in [0.1, 0.15) is 6.54 Å². The van der Waals surface area contributed by atoms with Crippen LogP contribution < -0.4 is 10.8 Å². The number of nitrogens with one attached hydrogen (secondary N) is 2. The van der Waals surface area contributed by atoms with Crippen molar-refractivity contribution in [2.75, 3.05) is 13.7 Å². The molecule has 41 heavy (non-hydrogen) atoms. The lowest BCUT2D eigenvalue weighted by Gasteiger charge is -2.29. The van der Waals surface area contributed by atoms with Crippen LogP contribution in [0.15, 0.2) is 60.7 Å². The van der Waals surface area contributed by atoms with Crippen LogP contribution in [0, 0.1) is 0 Å². The van der Waals surface area contributed by atoms with E-state index in [1.54, 1.807) is 0 Å². The number of carbonyl (C=O) groups is 2. The van der Waals surface area contributed by atoms with E-state index < -0.39 is 64.9 Å². The van der Waals surface area contributed by atoms with Gasteiger partial charge in [-0.3, -0.25) is 19.9 Å². The normalized spacial score (nSPS) is 17.7. The molecule has 3 aromatic carbocycles. The molecule has 0 bridgehead atoms. The Balaban J connectivity index is 1.88. The highest BCUT2D eigenvalue weighted by Gasteiger charge is 2.60. The Hall–Kier alpha value is -4.27. The third-order valence-electron chi connectivity index (χ3n) is 6.19. The number of fused-ring (bicyclic) bond motifs is 1. The van der Waals surface area contributed by atoms with Crippen LogP contribution in [0.1, 0.15) is 32.6 Å². The first kappa shape index (κ1) is 29.7. The van der Waals surface area contributed by atoms with Gasteiger partial charge in [-0.15, -0.1) is 0 Å². The second kappa shape index (κ2) is 10.3. The Morgan fingerprint density at radius 1 is 0.878 bits per heavy atom. The lowest BCUT2D eigenvalue weighted by Crippen LogP contribution is -2.43. The van der Waals surface area contributed by atoms with E-state index in [2.05, 4.69) is 10.1 Å². The minimum Gasteiger partial charge on any atom is -0.468 e. The summed E-state index contributed by atoms with van der Waals surface area (Å²) in [5, 5.41) is 2.70. The number of rotatable bonds is 5. The average Bonchev–Trinajstić information content (AvgIpc) is 3.36. The molecular formula is C26H17F9N2O4. The first-order valence-corrected chi connectivity index (χ1v) is 11.4. The van der Waals surface area contributed by atoms with Crippen molar-refractivity contribution in [3.05, 3.63) is 88.5 Å². The number of halogens is 9. The Morgan fingerprint density at radius 3 is 2.00 bits per heavy atom. The predicted molar refractivity (Wildman–Crippen MR) is 125 cm³/mol. The van der Waals surface area contributed by atoms with Crippen molar-refractivity contribution < 1.29 is 58.7 Å². The van der Waals surface area contributed by atoms with Crippen molar-refractivity contribution >= 4 is 28.3 Å². The highest BCUT2D eigenvalue weighted by atomic mass is 19.4. The first-order valence-electron chi connectivity index (χ1n) is 11.4. The highest BCUT2D eigenvalue weighted by molar-refractivity contribution is 6.10. The molecule has 218 valence electrons. The van der Waals surface area contributed by atoms with Gasteiger partial charge in [-0.05, 0) is 41.1 Å². The van der Waals surface area contributed by atoms with Crippen LogP contribution in [-0.2, 0) is 32.3 Å². The second-order valence-corrected chi connectivity index (χ2v) is 8.76. The van der Waals surface area contributed by atoms with Gasteiger partial charge in [0, 0.05) is 16.7 Å². The van der Waals surface area contributed by atoms with Crippen LogP contribution in [0.4, 0.5) is 39.5 Å². The summed E-state index contributed by atoms with van der Waals surface area (Å²) in [6, 6.07) is 7.87. The van der Waals surface area contributed by atoms with Gasteiger partial charge in [0.25, 0.3) is 5.91 Å². The van der Waals surface area contributed by atoms with Crippen LogP contribution >= 0.6 is 0 Å². The maximum absolute atomic E-state index is 14.4. The summed E-state index contributed by atoms with van der Waals surface area (Å²) in [6.07, 6.45) is -16.0. The van der Waals surface area contributed by atoms with Gasteiger partial charge in [0.2, 0.25) is 5.60 Å². The number of benzene rings is 3. The van der Waals surface area contributed by atoms with E-state index >= 15 is 0 Å². The van der Waals surface area contributed by atoms with Crippen molar-refractivity contribution in [3.63, 3.8) is 0 Å². The van der Waals surface area contributed by atoms with E-state index in [-0.39, 0.29) is 40.1 Å². The third-order valence-corrected chi connectivity index (χ3v) is 6.19. The molecule has 1 amide bonds. The highest BCUT2D eigenvalue weighted by Crippen LogP contribution is 2.50. The molecule has 3 aromatic rings. The molecule has 0 spiro atoms. The summed E-state index contributed by atoms with van der Waals surface area (Å²) >= 11 is 0. The zero-order valence-corrected chi connectivity index (χ0v) is 20.5. The Morgan fingerprint density at radius 2 is 1.46 bits per heavy atom. The third kappa shape index (κ3) is 5.66. The predicted octanol–water partition coefficient (Wildman–Crippen LogP) is 6.11. The topological polar surface area (TPSA) is 76.7 Å². The number of ether oxygens (including phenoxy) is 1. The van der Waals surface area contributed by atoms with Crippen molar-refractivity contribution in [1.82, 2.24) is 10.8 Å². The second-order valence-electron chi connectivity index (χ2n) is 8.76. The van der Waals surface area contributed by atoms with Gasteiger partial charge >= 0.3 is 24.5 Å².